The van der Waals surface area contributed by atoms with Crippen molar-refractivity contribution < 1.29 is 29.0 Å². The van der Waals surface area contributed by atoms with Crippen LogP contribution in [0, 0.1) is 41.3 Å². The summed E-state index contributed by atoms with van der Waals surface area (Å²) in [4.78, 5) is 59.9. The van der Waals surface area contributed by atoms with Gasteiger partial charge in [-0.3, -0.25) is 14.4 Å². The summed E-state index contributed by atoms with van der Waals surface area (Å²) in [6.07, 6.45) is 11.3. The van der Waals surface area contributed by atoms with Gasteiger partial charge in [0, 0.05) is 81.2 Å². The molecule has 5 fully saturated rings. The van der Waals surface area contributed by atoms with Gasteiger partial charge in [-0.25, -0.2) is 14.4 Å². The maximum atomic E-state index is 14.2. The van der Waals surface area contributed by atoms with Crippen molar-refractivity contribution in [3.8, 4) is 28.8 Å². The molecule has 2 aliphatic carbocycles. The van der Waals surface area contributed by atoms with E-state index in [1.54, 1.807) is 25.1 Å². The van der Waals surface area contributed by atoms with Gasteiger partial charge in [0.05, 0.1) is 24.0 Å². The van der Waals surface area contributed by atoms with Gasteiger partial charge in [0.1, 0.15) is 23.7 Å². The smallest absolute Gasteiger partial charge is 0.246 e. The predicted molar refractivity (Wildman–Crippen MR) is 279 cm³/mol. The van der Waals surface area contributed by atoms with Gasteiger partial charge in [-0.05, 0) is 143 Å². The molecule has 0 unspecified atom stereocenters. The predicted octanol–water partition coefficient (Wildman–Crippen LogP) is 6.02. The van der Waals surface area contributed by atoms with E-state index in [1.165, 1.54) is 22.6 Å². The average Bonchev–Trinajstić information content (AvgIpc) is 3.78. The molecule has 0 radical (unpaired) electrons. The largest absolute Gasteiger partial charge is 0.507 e. The van der Waals surface area contributed by atoms with Crippen LogP contribution >= 0.6 is 0 Å². The number of carbonyl (C=O) groups is 3. The Morgan fingerprint density at radius 1 is 0.904 bits per heavy atom. The van der Waals surface area contributed by atoms with Gasteiger partial charge in [-0.15, -0.1) is 10.2 Å². The van der Waals surface area contributed by atoms with E-state index in [2.05, 4.69) is 52.7 Å². The van der Waals surface area contributed by atoms with Crippen LogP contribution in [-0.2, 0) is 14.4 Å². The Hall–Kier alpha value is -6.38. The number of carbonyl (C=O) groups excluding carboxylic acids is 3. The van der Waals surface area contributed by atoms with Crippen LogP contribution in [-0.4, -0.2) is 141 Å². The lowest BCUT2D eigenvalue weighted by Gasteiger charge is -2.55. The first-order valence-electron chi connectivity index (χ1n) is 26.4. The number of hydrogen-bond donors (Lipinski definition) is 5. The zero-order valence-corrected chi connectivity index (χ0v) is 43.0. The van der Waals surface area contributed by atoms with E-state index in [9.17, 15) is 29.0 Å². The van der Waals surface area contributed by atoms with Crippen molar-refractivity contribution in [1.29, 1.82) is 0 Å². The van der Waals surface area contributed by atoms with E-state index in [-0.39, 0.29) is 54.2 Å². The summed E-state index contributed by atoms with van der Waals surface area (Å²) in [5.41, 5.74) is 4.42. The number of amides is 3. The molecule has 388 valence electrons. The highest BCUT2D eigenvalue weighted by atomic mass is 19.1. The maximum absolute atomic E-state index is 14.2. The van der Waals surface area contributed by atoms with Gasteiger partial charge >= 0.3 is 0 Å². The Bertz CT molecular complexity index is 2670. The standard InChI is InChI=1S/C56H72FN11O5/c1-6-58-50-46(30-45(63-64-50)44-11-7-8-12-48(44)70)66-24-26-67(27-25-66)54-60-33-40(34-61-54)38-17-22-65(23-18-38)42-31-56(32-42)19-15-39(16-20-56)51(71)62-49(55(3,4)5)53(73)68-35-43(69)29-47(68)52(72)59-21-9-10-37-13-14-41(57)28-36(37)2/h7-8,11-14,28,30,33-34,38-39,42-43,47,49,69-70H,6,15-27,29,31-32,35H2,1-5H3,(H,58,64)(H,59,72)(H,62,71)/t39-,42-,43-,47+,49-,56?/m1/s1. The highest BCUT2D eigenvalue weighted by molar-refractivity contribution is 5.93. The number of phenols is 1. The molecule has 3 saturated heterocycles. The van der Waals surface area contributed by atoms with Crippen molar-refractivity contribution in [2.24, 2.45) is 16.7 Å². The summed E-state index contributed by atoms with van der Waals surface area (Å²) in [6, 6.07) is 12.3. The number of hydrogen-bond acceptors (Lipinski definition) is 13. The molecule has 1 spiro atoms. The minimum absolute atomic E-state index is 0.00291. The minimum atomic E-state index is -0.894. The summed E-state index contributed by atoms with van der Waals surface area (Å²) in [7, 11) is 0. The van der Waals surface area contributed by atoms with Crippen LogP contribution in [0.5, 0.6) is 5.75 Å². The van der Waals surface area contributed by atoms with Crippen molar-refractivity contribution in [3.05, 3.63) is 83.4 Å². The molecule has 3 amide bonds. The number of anilines is 3. The van der Waals surface area contributed by atoms with Gasteiger partial charge in [-0.2, -0.15) is 0 Å². The fraction of sp³-hybridized carbons (Fsp3) is 0.554. The van der Waals surface area contributed by atoms with Gasteiger partial charge in [-0.1, -0.05) is 44.7 Å². The van der Waals surface area contributed by atoms with Crippen LogP contribution in [0.15, 0.2) is 60.9 Å². The number of aromatic hydroxyl groups is 1. The van der Waals surface area contributed by atoms with Crippen molar-refractivity contribution in [3.63, 3.8) is 0 Å². The molecule has 2 saturated carbocycles. The Balaban J connectivity index is 0.710. The van der Waals surface area contributed by atoms with E-state index in [1.807, 2.05) is 58.3 Å². The normalized spacial score (nSPS) is 24.1. The van der Waals surface area contributed by atoms with E-state index in [0.29, 0.717) is 34.3 Å². The molecule has 16 nitrogen and oxygen atoms in total. The van der Waals surface area contributed by atoms with E-state index in [4.69, 9.17) is 9.97 Å². The van der Waals surface area contributed by atoms with Gasteiger partial charge in [0.15, 0.2) is 5.82 Å². The second-order valence-electron chi connectivity index (χ2n) is 22.1. The zero-order chi connectivity index (χ0) is 51.4. The molecule has 0 bridgehead atoms. The van der Waals surface area contributed by atoms with Crippen LogP contribution in [0.2, 0.25) is 0 Å². The van der Waals surface area contributed by atoms with Crippen LogP contribution < -0.4 is 25.8 Å². The van der Waals surface area contributed by atoms with Crippen LogP contribution in [0.4, 0.5) is 21.8 Å². The van der Waals surface area contributed by atoms with Crippen LogP contribution in [0.25, 0.3) is 11.3 Å². The molecule has 2 aromatic heterocycles. The molecule has 3 aliphatic heterocycles. The highest BCUT2D eigenvalue weighted by Crippen LogP contribution is 2.55. The van der Waals surface area contributed by atoms with Crippen molar-refractivity contribution in [1.82, 2.24) is 40.6 Å². The monoisotopic (exact) mass is 998 g/mol. The highest BCUT2D eigenvalue weighted by Gasteiger charge is 2.50. The SMILES string of the molecule is CCNc1nnc(-c2ccccc2O)cc1N1CCN(c2ncc(C3CCN([C@H]4CC5(CC[C@H](C(=O)N[C@H](C(=O)N6C[C@H](O)C[C@H]6C(=O)NCC#Cc6ccc(F)cc6C)C(C)(C)C)CC5)C4)CC3)cn2)CC1. The molecular formula is C56H72FN11O5. The van der Waals surface area contributed by atoms with Gasteiger partial charge < -0.3 is 45.8 Å². The summed E-state index contributed by atoms with van der Waals surface area (Å²) in [5.74, 6) is 6.50. The molecule has 17 heteroatoms. The molecule has 5 N–H and O–H groups in total. The Morgan fingerprint density at radius 2 is 1.60 bits per heavy atom. The van der Waals surface area contributed by atoms with Crippen molar-refractivity contribution in [2.75, 3.05) is 74.0 Å². The Morgan fingerprint density at radius 3 is 2.27 bits per heavy atom. The minimum Gasteiger partial charge on any atom is -0.507 e. The van der Waals surface area contributed by atoms with E-state index in [0.717, 1.165) is 115 Å². The van der Waals surface area contributed by atoms with Gasteiger partial charge in [0.2, 0.25) is 23.7 Å². The number of piperidine rings is 1. The number of aryl methyl sites for hydroxylation is 1. The molecule has 73 heavy (non-hydrogen) atoms. The summed E-state index contributed by atoms with van der Waals surface area (Å²) in [6.45, 7) is 15.4. The summed E-state index contributed by atoms with van der Waals surface area (Å²) < 4.78 is 13.5. The van der Waals surface area contributed by atoms with Crippen LogP contribution in [0.3, 0.4) is 0 Å². The number of aromatic nitrogens is 4. The zero-order valence-electron chi connectivity index (χ0n) is 43.0. The first-order chi connectivity index (χ1) is 35.1. The second-order valence-corrected chi connectivity index (χ2v) is 22.1. The Kier molecular flexibility index (Phi) is 15.5. The Labute approximate surface area is 428 Å². The number of aliphatic hydroxyl groups excluding tert-OH is 1. The fourth-order valence-corrected chi connectivity index (χ4v) is 11.8. The van der Waals surface area contributed by atoms with Crippen molar-refractivity contribution >= 4 is 35.2 Å². The maximum Gasteiger partial charge on any atom is 0.246 e. The number of aliphatic hydroxyl groups is 1. The molecule has 9 rings (SSSR count). The van der Waals surface area contributed by atoms with Crippen LogP contribution in [0.1, 0.15) is 108 Å². The number of piperazine rings is 1. The molecule has 3 atom stereocenters. The fourth-order valence-electron chi connectivity index (χ4n) is 11.8. The number of rotatable bonds is 12. The van der Waals surface area contributed by atoms with E-state index >= 15 is 0 Å². The molecule has 5 heterocycles. The molecule has 5 aliphatic rings. The average molecular weight is 998 g/mol. The number of halogens is 1. The number of nitrogens with one attached hydrogen (secondary N) is 3. The third-order valence-corrected chi connectivity index (χ3v) is 16.2. The number of β-amino-alcohol motifs (C(OH)–C–C–N with tert-alkyl or cyclic N) is 1. The number of nitrogens with zero attached hydrogens (tertiary/aromatic N) is 8. The lowest BCUT2D eigenvalue weighted by molar-refractivity contribution is -0.145. The summed E-state index contributed by atoms with van der Waals surface area (Å²) >= 11 is 0. The quantitative estimate of drug-likeness (QED) is 0.104. The third kappa shape index (κ3) is 11.7. The topological polar surface area (TPSA) is 192 Å². The number of benzene rings is 2. The van der Waals surface area contributed by atoms with Gasteiger partial charge in [0.25, 0.3) is 0 Å². The number of phenolic OH excluding ortho intramolecular Hbond substituents is 1. The molecule has 4 aromatic rings. The lowest BCUT2D eigenvalue weighted by atomic mass is 9.56. The van der Waals surface area contributed by atoms with Crippen molar-refractivity contribution in [2.45, 2.75) is 123 Å². The number of para-hydroxylation sites is 1. The second kappa shape index (κ2) is 22.0. The lowest BCUT2D eigenvalue weighted by Crippen LogP contribution is -2.59. The van der Waals surface area contributed by atoms with E-state index < -0.39 is 29.5 Å². The molecular weight excluding hydrogens is 926 g/mol. The number of likely N-dealkylation sites (tertiary alicyclic amines) is 2. The first kappa shape index (κ1) is 51.5. The third-order valence-electron chi connectivity index (χ3n) is 16.2. The molecule has 2 aromatic carbocycles. The summed E-state index contributed by atoms with van der Waals surface area (Å²) in [5, 5.41) is 39.3. The first-order valence-corrected chi connectivity index (χ1v) is 26.4.